The van der Waals surface area contributed by atoms with Crippen LogP contribution in [0.4, 0.5) is 18.9 Å². The van der Waals surface area contributed by atoms with E-state index in [1.165, 1.54) is 24.5 Å². The number of aromatic nitrogens is 1. The van der Waals surface area contributed by atoms with Gasteiger partial charge in [0.1, 0.15) is 0 Å². The van der Waals surface area contributed by atoms with Gasteiger partial charge in [-0.15, -0.1) is 0 Å². The summed E-state index contributed by atoms with van der Waals surface area (Å²) >= 11 is 6.13. The molecule has 0 aliphatic heterocycles. The Labute approximate surface area is 134 Å². The molecule has 0 saturated carbocycles. The molecule has 0 fully saturated rings. The van der Waals surface area contributed by atoms with Crippen molar-refractivity contribution in [3.63, 3.8) is 0 Å². The number of hydrogen-bond donors (Lipinski definition) is 1. The average molecular weight is 424 g/mol. The number of nitrogens with zero attached hydrogens (tertiary/aromatic N) is 1. The largest absolute Gasteiger partial charge is 0.417 e. The average Bonchev–Trinajstić information content (AvgIpc) is 2.40. The lowest BCUT2D eigenvalue weighted by molar-refractivity contribution is -0.137. The molecule has 0 aliphatic carbocycles. The van der Waals surface area contributed by atoms with Gasteiger partial charge in [-0.1, -0.05) is 15.9 Å². The third kappa shape index (κ3) is 3.82. The van der Waals surface area contributed by atoms with Crippen LogP contribution in [-0.4, -0.2) is 10.9 Å². The van der Waals surface area contributed by atoms with Crippen LogP contribution in [0.1, 0.15) is 15.9 Å². The van der Waals surface area contributed by atoms with E-state index in [2.05, 4.69) is 42.2 Å². The summed E-state index contributed by atoms with van der Waals surface area (Å²) in [4.78, 5) is 15.9. The number of pyridine rings is 1. The Bertz CT molecular complexity index is 689. The second kappa shape index (κ2) is 6.15. The van der Waals surface area contributed by atoms with Crippen molar-refractivity contribution in [2.75, 3.05) is 5.32 Å². The van der Waals surface area contributed by atoms with Crippen molar-refractivity contribution in [3.05, 3.63) is 56.7 Å². The van der Waals surface area contributed by atoms with Crippen molar-refractivity contribution in [1.82, 2.24) is 4.98 Å². The Morgan fingerprint density at radius 1 is 1.19 bits per heavy atom. The summed E-state index contributed by atoms with van der Waals surface area (Å²) in [6.45, 7) is 0. The number of anilines is 1. The van der Waals surface area contributed by atoms with Gasteiger partial charge in [0.25, 0.3) is 5.91 Å². The van der Waals surface area contributed by atoms with Crippen LogP contribution >= 0.6 is 31.9 Å². The molecule has 0 bridgehead atoms. The summed E-state index contributed by atoms with van der Waals surface area (Å²) in [6.07, 6.45) is -1.76. The van der Waals surface area contributed by atoms with E-state index in [1.54, 1.807) is 0 Å². The summed E-state index contributed by atoms with van der Waals surface area (Å²) in [7, 11) is 0. The molecule has 0 aliphatic rings. The smallest absolute Gasteiger partial charge is 0.321 e. The van der Waals surface area contributed by atoms with Gasteiger partial charge in [0, 0.05) is 16.9 Å². The van der Waals surface area contributed by atoms with E-state index >= 15 is 0 Å². The number of nitrogens with one attached hydrogen (secondary N) is 1. The van der Waals surface area contributed by atoms with Crippen LogP contribution in [-0.2, 0) is 6.18 Å². The van der Waals surface area contributed by atoms with E-state index in [-0.39, 0.29) is 4.47 Å². The van der Waals surface area contributed by atoms with Crippen LogP contribution in [0.5, 0.6) is 0 Å². The van der Waals surface area contributed by atoms with Crippen molar-refractivity contribution in [1.29, 1.82) is 0 Å². The van der Waals surface area contributed by atoms with E-state index < -0.39 is 23.2 Å². The van der Waals surface area contributed by atoms with Gasteiger partial charge >= 0.3 is 6.18 Å². The Morgan fingerprint density at radius 2 is 1.90 bits per heavy atom. The number of rotatable bonds is 2. The first kappa shape index (κ1) is 16.0. The molecule has 1 aromatic heterocycles. The van der Waals surface area contributed by atoms with E-state index in [1.807, 2.05) is 0 Å². The van der Waals surface area contributed by atoms with Gasteiger partial charge in [0.05, 0.1) is 21.3 Å². The van der Waals surface area contributed by atoms with Crippen molar-refractivity contribution in [3.8, 4) is 0 Å². The zero-order valence-electron chi connectivity index (χ0n) is 10.2. The van der Waals surface area contributed by atoms with E-state index in [0.717, 1.165) is 12.1 Å². The van der Waals surface area contributed by atoms with Gasteiger partial charge in [0.2, 0.25) is 0 Å². The third-order valence-corrected chi connectivity index (χ3v) is 3.68. The third-order valence-electron chi connectivity index (χ3n) is 2.55. The maximum atomic E-state index is 13.0. The van der Waals surface area contributed by atoms with Crippen molar-refractivity contribution >= 4 is 43.5 Å². The van der Waals surface area contributed by atoms with E-state index in [4.69, 9.17) is 0 Å². The summed E-state index contributed by atoms with van der Waals surface area (Å²) in [5.41, 5.74) is -1.11. The topological polar surface area (TPSA) is 42.0 Å². The van der Waals surface area contributed by atoms with Crippen LogP contribution in [0.15, 0.2) is 45.6 Å². The van der Waals surface area contributed by atoms with Gasteiger partial charge in [-0.25, -0.2) is 0 Å². The van der Waals surface area contributed by atoms with Gasteiger partial charge < -0.3 is 5.32 Å². The molecular formula is C13H7Br2F3N2O. The molecule has 110 valence electrons. The summed E-state index contributed by atoms with van der Waals surface area (Å²) in [5.74, 6) is -0.846. The van der Waals surface area contributed by atoms with E-state index in [0.29, 0.717) is 10.2 Å². The standard InChI is InChI=1S/C13H7Br2F3N2O/c14-7-1-2-8(9(5-7)13(16,17)18)12(21)20-11-3-4-19-6-10(11)15/h1-6H,(H,19,20,21). The maximum Gasteiger partial charge on any atom is 0.417 e. The molecule has 0 radical (unpaired) electrons. The Hall–Kier alpha value is -1.41. The molecule has 1 N–H and O–H groups in total. The zero-order valence-corrected chi connectivity index (χ0v) is 13.4. The highest BCUT2D eigenvalue weighted by atomic mass is 79.9. The molecule has 0 saturated heterocycles. The molecular weight excluding hydrogens is 417 g/mol. The fourth-order valence-corrected chi connectivity index (χ4v) is 2.33. The number of alkyl halides is 3. The first-order valence-corrected chi connectivity index (χ1v) is 7.15. The Morgan fingerprint density at radius 3 is 2.52 bits per heavy atom. The SMILES string of the molecule is O=C(Nc1ccncc1Br)c1ccc(Br)cc1C(F)(F)F. The molecule has 1 heterocycles. The van der Waals surface area contributed by atoms with E-state index in [9.17, 15) is 18.0 Å². The van der Waals surface area contributed by atoms with Gasteiger partial charge in [-0.2, -0.15) is 13.2 Å². The van der Waals surface area contributed by atoms with Crippen LogP contribution in [0.2, 0.25) is 0 Å². The van der Waals surface area contributed by atoms with Crippen molar-refractivity contribution in [2.45, 2.75) is 6.18 Å². The first-order valence-electron chi connectivity index (χ1n) is 5.56. The summed E-state index contributed by atoms with van der Waals surface area (Å²) in [6, 6.07) is 4.85. The Kier molecular flexibility index (Phi) is 4.67. The van der Waals surface area contributed by atoms with Gasteiger partial charge in [0.15, 0.2) is 0 Å². The summed E-state index contributed by atoms with van der Waals surface area (Å²) < 4.78 is 39.7. The fourth-order valence-electron chi connectivity index (χ4n) is 1.62. The molecule has 1 aromatic carbocycles. The predicted molar refractivity (Wildman–Crippen MR) is 79.0 cm³/mol. The first-order chi connectivity index (χ1) is 9.79. The fraction of sp³-hybridized carbons (Fsp3) is 0.0769. The highest BCUT2D eigenvalue weighted by Gasteiger charge is 2.35. The second-order valence-corrected chi connectivity index (χ2v) is 5.77. The molecule has 3 nitrogen and oxygen atoms in total. The Balaban J connectivity index is 2.38. The van der Waals surface area contributed by atoms with Crippen molar-refractivity contribution < 1.29 is 18.0 Å². The molecule has 21 heavy (non-hydrogen) atoms. The lowest BCUT2D eigenvalue weighted by atomic mass is 10.1. The number of carbonyl (C=O) groups excluding carboxylic acids is 1. The molecule has 0 unspecified atom stereocenters. The predicted octanol–water partition coefficient (Wildman–Crippen LogP) is 4.88. The minimum atomic E-state index is -4.62. The zero-order chi connectivity index (χ0) is 15.6. The second-order valence-electron chi connectivity index (χ2n) is 4.00. The normalized spacial score (nSPS) is 11.3. The number of hydrogen-bond acceptors (Lipinski definition) is 2. The van der Waals surface area contributed by atoms with Gasteiger partial charge in [-0.05, 0) is 40.2 Å². The van der Waals surface area contributed by atoms with Crippen LogP contribution in [0.25, 0.3) is 0 Å². The molecule has 1 amide bonds. The number of carbonyl (C=O) groups is 1. The monoisotopic (exact) mass is 422 g/mol. The minimum Gasteiger partial charge on any atom is -0.321 e. The number of amides is 1. The molecule has 2 rings (SSSR count). The maximum absolute atomic E-state index is 13.0. The minimum absolute atomic E-state index is 0.247. The highest BCUT2D eigenvalue weighted by Crippen LogP contribution is 2.34. The molecule has 8 heteroatoms. The molecule has 2 aromatic rings. The number of benzene rings is 1. The lowest BCUT2D eigenvalue weighted by Crippen LogP contribution is -2.19. The van der Waals surface area contributed by atoms with Crippen LogP contribution < -0.4 is 5.32 Å². The molecule has 0 spiro atoms. The van der Waals surface area contributed by atoms with Crippen LogP contribution in [0.3, 0.4) is 0 Å². The van der Waals surface area contributed by atoms with Gasteiger partial charge in [-0.3, -0.25) is 9.78 Å². The highest BCUT2D eigenvalue weighted by molar-refractivity contribution is 9.10. The lowest BCUT2D eigenvalue weighted by Gasteiger charge is -2.13. The van der Waals surface area contributed by atoms with Crippen LogP contribution in [0, 0.1) is 0 Å². The quantitative estimate of drug-likeness (QED) is 0.748. The summed E-state index contributed by atoms with van der Waals surface area (Å²) in [5, 5.41) is 2.42. The van der Waals surface area contributed by atoms with Crippen molar-refractivity contribution in [2.24, 2.45) is 0 Å². The number of halogens is 5. The molecule has 0 atom stereocenters.